The molecule has 12 rings (SSSR count). The van der Waals surface area contributed by atoms with E-state index >= 15 is 0 Å². The van der Waals surface area contributed by atoms with E-state index in [2.05, 4.69) is 264 Å². The van der Waals surface area contributed by atoms with E-state index in [1.54, 1.807) is 0 Å². The number of hydrogen-bond acceptors (Lipinski definition) is 1. The van der Waals surface area contributed by atoms with Crippen LogP contribution < -0.4 is 4.90 Å². The lowest BCUT2D eigenvalue weighted by atomic mass is 9.68. The predicted octanol–water partition coefficient (Wildman–Crippen LogP) is 16.0. The van der Waals surface area contributed by atoms with E-state index in [9.17, 15) is 0 Å². The average molecular weight is 803 g/mol. The molecule has 11 aromatic rings. The maximum absolute atomic E-state index is 2.46. The van der Waals surface area contributed by atoms with Gasteiger partial charge in [0.25, 0.3) is 0 Å². The van der Waals surface area contributed by atoms with Gasteiger partial charge in [-0.2, -0.15) is 0 Å². The maximum Gasteiger partial charge on any atom is 0.0713 e. The summed E-state index contributed by atoms with van der Waals surface area (Å²) in [5.41, 5.74) is 18.9. The molecular formula is C61H42N2. The van der Waals surface area contributed by atoms with Crippen LogP contribution in [0.15, 0.2) is 255 Å². The van der Waals surface area contributed by atoms with Crippen LogP contribution in [-0.4, -0.2) is 4.57 Å². The molecule has 1 heterocycles. The molecule has 63 heavy (non-hydrogen) atoms. The fourth-order valence-electron chi connectivity index (χ4n) is 10.4. The molecule has 2 nitrogen and oxygen atoms in total. The third kappa shape index (κ3) is 5.87. The van der Waals surface area contributed by atoms with Crippen LogP contribution in [0.1, 0.15) is 22.3 Å². The molecule has 0 bridgehead atoms. The minimum Gasteiger partial charge on any atom is -0.310 e. The minimum atomic E-state index is -0.431. The molecule has 0 unspecified atom stereocenters. The van der Waals surface area contributed by atoms with E-state index < -0.39 is 5.41 Å². The van der Waals surface area contributed by atoms with Crippen molar-refractivity contribution in [2.75, 3.05) is 4.90 Å². The van der Waals surface area contributed by atoms with Crippen molar-refractivity contribution in [1.29, 1.82) is 0 Å². The SMILES string of the molecule is c1ccc(N(c2ccccc2)c2ccccc2-c2cccc(-c3ccc4c(c3)c3ccccc3n4-c3ccc4c(c3)-c3ccccc3C4(c3ccccc3)c3ccccc3)c2)cc1. The van der Waals surface area contributed by atoms with Gasteiger partial charge < -0.3 is 9.47 Å². The Morgan fingerprint density at radius 2 is 0.857 bits per heavy atom. The van der Waals surface area contributed by atoms with Crippen molar-refractivity contribution < 1.29 is 0 Å². The topological polar surface area (TPSA) is 8.17 Å². The molecule has 296 valence electrons. The van der Waals surface area contributed by atoms with Crippen molar-refractivity contribution in [2.45, 2.75) is 5.41 Å². The lowest BCUT2D eigenvalue weighted by Gasteiger charge is -2.33. The number of nitrogens with zero attached hydrogens (tertiary/aromatic N) is 2. The molecule has 1 aliphatic carbocycles. The second kappa shape index (κ2) is 15.1. The first-order chi connectivity index (χ1) is 31.3. The van der Waals surface area contributed by atoms with Crippen molar-refractivity contribution in [3.05, 3.63) is 277 Å². The normalized spacial score (nSPS) is 12.6. The first-order valence-corrected chi connectivity index (χ1v) is 21.8. The van der Waals surface area contributed by atoms with Gasteiger partial charge in [-0.05, 0) is 117 Å². The van der Waals surface area contributed by atoms with Crippen LogP contribution in [0, 0.1) is 0 Å². The summed E-state index contributed by atoms with van der Waals surface area (Å²) < 4.78 is 2.46. The summed E-state index contributed by atoms with van der Waals surface area (Å²) in [6, 6.07) is 93.1. The largest absolute Gasteiger partial charge is 0.310 e. The Balaban J connectivity index is 0.990. The van der Waals surface area contributed by atoms with Gasteiger partial charge in [0, 0.05) is 33.4 Å². The van der Waals surface area contributed by atoms with Crippen molar-refractivity contribution in [3.63, 3.8) is 0 Å². The van der Waals surface area contributed by atoms with Crippen molar-refractivity contribution >= 4 is 38.9 Å². The Morgan fingerprint density at radius 1 is 0.317 bits per heavy atom. The Hall–Kier alpha value is -8.20. The number of rotatable bonds is 8. The highest BCUT2D eigenvalue weighted by molar-refractivity contribution is 6.10. The van der Waals surface area contributed by atoms with Gasteiger partial charge in [0.1, 0.15) is 0 Å². The van der Waals surface area contributed by atoms with Crippen LogP contribution >= 0.6 is 0 Å². The highest BCUT2D eigenvalue weighted by Crippen LogP contribution is 2.56. The molecule has 2 heteroatoms. The van der Waals surface area contributed by atoms with Crippen LogP contribution in [-0.2, 0) is 5.41 Å². The smallest absolute Gasteiger partial charge is 0.0713 e. The molecule has 0 N–H and O–H groups in total. The van der Waals surface area contributed by atoms with Gasteiger partial charge in [0.15, 0.2) is 0 Å². The summed E-state index contributed by atoms with van der Waals surface area (Å²) in [5, 5.41) is 2.47. The van der Waals surface area contributed by atoms with Gasteiger partial charge in [-0.3, -0.25) is 0 Å². The van der Waals surface area contributed by atoms with Crippen molar-refractivity contribution in [3.8, 4) is 39.1 Å². The van der Waals surface area contributed by atoms with Crippen molar-refractivity contribution in [2.24, 2.45) is 0 Å². The van der Waals surface area contributed by atoms with Crippen LogP contribution in [0.25, 0.3) is 60.9 Å². The van der Waals surface area contributed by atoms with E-state index in [1.807, 2.05) is 0 Å². The van der Waals surface area contributed by atoms with E-state index in [-0.39, 0.29) is 0 Å². The summed E-state index contributed by atoms with van der Waals surface area (Å²) in [6.07, 6.45) is 0. The molecule has 0 radical (unpaired) electrons. The second-order valence-corrected chi connectivity index (χ2v) is 16.4. The molecule has 0 atom stereocenters. The van der Waals surface area contributed by atoms with E-state index in [0.717, 1.165) is 22.7 Å². The zero-order chi connectivity index (χ0) is 41.7. The molecule has 0 saturated heterocycles. The molecule has 0 aliphatic heterocycles. The fourth-order valence-corrected chi connectivity index (χ4v) is 10.4. The molecule has 0 spiro atoms. The maximum atomic E-state index is 2.46. The monoisotopic (exact) mass is 802 g/mol. The highest BCUT2D eigenvalue weighted by atomic mass is 15.1. The number of aromatic nitrogens is 1. The Morgan fingerprint density at radius 3 is 1.57 bits per heavy atom. The Kier molecular flexibility index (Phi) is 8.76. The lowest BCUT2D eigenvalue weighted by Crippen LogP contribution is -2.28. The number of benzene rings is 10. The molecular weight excluding hydrogens is 761 g/mol. The first-order valence-electron chi connectivity index (χ1n) is 21.8. The van der Waals surface area contributed by atoms with Crippen LogP contribution in [0.2, 0.25) is 0 Å². The van der Waals surface area contributed by atoms with Crippen molar-refractivity contribution in [1.82, 2.24) is 4.57 Å². The van der Waals surface area contributed by atoms with Gasteiger partial charge in [-0.15, -0.1) is 0 Å². The quantitative estimate of drug-likeness (QED) is 0.149. The summed E-state index contributed by atoms with van der Waals surface area (Å²) in [7, 11) is 0. The molecule has 0 fully saturated rings. The third-order valence-corrected chi connectivity index (χ3v) is 13.1. The summed E-state index contributed by atoms with van der Waals surface area (Å²) in [6.45, 7) is 0. The summed E-state index contributed by atoms with van der Waals surface area (Å²) in [4.78, 5) is 2.35. The fraction of sp³-hybridized carbons (Fsp3) is 0.0164. The molecule has 0 amide bonds. The summed E-state index contributed by atoms with van der Waals surface area (Å²) >= 11 is 0. The van der Waals surface area contributed by atoms with E-state index in [0.29, 0.717) is 0 Å². The standard InChI is InChI=1S/C61H42N2/c1-5-22-46(23-6-1)61(47-24-7-2-8-25-47)56-33-16-13-31-52(56)54-42-50(37-38-57(54)61)63-59-35-18-15-32-53(59)55-41-44(36-39-60(55)63)43-20-19-21-45(40-43)51-30-14-17-34-58(51)62(48-26-9-3-10-27-48)49-28-11-4-12-29-49/h1-42H. The highest BCUT2D eigenvalue weighted by Gasteiger charge is 2.46. The number of anilines is 3. The first kappa shape index (κ1) is 36.6. The minimum absolute atomic E-state index is 0.431. The average Bonchev–Trinajstić information content (AvgIpc) is 3.85. The predicted molar refractivity (Wildman–Crippen MR) is 264 cm³/mol. The Labute approximate surface area is 368 Å². The molecule has 0 saturated carbocycles. The number of para-hydroxylation sites is 4. The number of fused-ring (bicyclic) bond motifs is 6. The lowest BCUT2D eigenvalue weighted by molar-refractivity contribution is 0.768. The second-order valence-electron chi connectivity index (χ2n) is 16.4. The van der Waals surface area contributed by atoms with E-state index in [4.69, 9.17) is 0 Å². The van der Waals surface area contributed by atoms with Crippen LogP contribution in [0.5, 0.6) is 0 Å². The number of hydrogen-bond donors (Lipinski definition) is 0. The van der Waals surface area contributed by atoms with Gasteiger partial charge in [-0.25, -0.2) is 0 Å². The molecule has 1 aliphatic rings. The zero-order valence-corrected chi connectivity index (χ0v) is 34.6. The van der Waals surface area contributed by atoms with Gasteiger partial charge in [-0.1, -0.05) is 188 Å². The van der Waals surface area contributed by atoms with Crippen LogP contribution in [0.3, 0.4) is 0 Å². The zero-order valence-electron chi connectivity index (χ0n) is 34.6. The Bertz CT molecular complexity index is 3360. The molecule has 1 aromatic heterocycles. The van der Waals surface area contributed by atoms with Crippen LogP contribution in [0.4, 0.5) is 17.1 Å². The van der Waals surface area contributed by atoms with Gasteiger partial charge in [0.2, 0.25) is 0 Å². The van der Waals surface area contributed by atoms with E-state index in [1.165, 1.54) is 77.4 Å². The van der Waals surface area contributed by atoms with Gasteiger partial charge >= 0.3 is 0 Å². The third-order valence-electron chi connectivity index (χ3n) is 13.1. The summed E-state index contributed by atoms with van der Waals surface area (Å²) in [5.74, 6) is 0. The molecule has 10 aromatic carbocycles. The van der Waals surface area contributed by atoms with Gasteiger partial charge in [0.05, 0.1) is 22.1 Å².